The van der Waals surface area contributed by atoms with Gasteiger partial charge in [0.1, 0.15) is 5.75 Å². The molecule has 0 radical (unpaired) electrons. The Balaban J connectivity index is 2.10. The van der Waals surface area contributed by atoms with Gasteiger partial charge in [0.05, 0.1) is 19.3 Å². The summed E-state index contributed by atoms with van der Waals surface area (Å²) in [7, 11) is 1.67. The van der Waals surface area contributed by atoms with E-state index in [0.717, 1.165) is 37.1 Å². The molecule has 112 valence electrons. The fourth-order valence-corrected chi connectivity index (χ4v) is 3.04. The first-order valence-electron chi connectivity index (χ1n) is 7.52. The number of ether oxygens (including phenoxy) is 1. The average molecular weight is 277 g/mol. The Bertz CT molecular complexity index is 427. The molecule has 1 aliphatic rings. The maximum absolute atomic E-state index is 9.91. The Labute approximate surface area is 122 Å². The molecule has 1 saturated carbocycles. The maximum atomic E-state index is 9.91. The molecule has 1 fully saturated rings. The van der Waals surface area contributed by atoms with Crippen molar-refractivity contribution in [2.24, 2.45) is 5.41 Å². The lowest BCUT2D eigenvalue weighted by atomic mass is 9.83. The van der Waals surface area contributed by atoms with E-state index in [-0.39, 0.29) is 12.1 Å². The predicted molar refractivity (Wildman–Crippen MR) is 83.3 cm³/mol. The van der Waals surface area contributed by atoms with Gasteiger partial charge in [-0.3, -0.25) is 0 Å². The summed E-state index contributed by atoms with van der Waals surface area (Å²) in [6, 6.07) is 7.95. The molecular weight excluding hydrogens is 250 g/mol. The van der Waals surface area contributed by atoms with E-state index in [9.17, 15) is 5.11 Å². The summed E-state index contributed by atoms with van der Waals surface area (Å²) in [5.41, 5.74) is 1.26. The highest BCUT2D eigenvalue weighted by atomic mass is 16.5. The van der Waals surface area contributed by atoms with Gasteiger partial charge in [-0.1, -0.05) is 20.3 Å². The molecule has 0 spiro atoms. The van der Waals surface area contributed by atoms with Gasteiger partial charge in [-0.2, -0.15) is 0 Å². The second-order valence-corrected chi connectivity index (χ2v) is 6.81. The Morgan fingerprint density at radius 1 is 1.10 bits per heavy atom. The van der Waals surface area contributed by atoms with Crippen LogP contribution in [0.5, 0.6) is 5.75 Å². The number of rotatable bonds is 4. The minimum absolute atomic E-state index is 0.178. The highest BCUT2D eigenvalue weighted by Gasteiger charge is 2.35. The maximum Gasteiger partial charge on any atom is 0.119 e. The van der Waals surface area contributed by atoms with Crippen LogP contribution in [0.15, 0.2) is 24.3 Å². The van der Waals surface area contributed by atoms with Crippen LogP contribution < -0.4 is 10.1 Å². The molecule has 2 rings (SSSR count). The predicted octanol–water partition coefficient (Wildman–Crippen LogP) is 3.83. The zero-order chi connectivity index (χ0) is 14.6. The van der Waals surface area contributed by atoms with Crippen LogP contribution in [0.3, 0.4) is 0 Å². The zero-order valence-electron chi connectivity index (χ0n) is 12.9. The molecule has 20 heavy (non-hydrogen) atoms. The minimum Gasteiger partial charge on any atom is -0.497 e. The number of aliphatic hydroxyl groups is 1. The number of anilines is 1. The molecule has 0 bridgehead atoms. The first-order valence-corrected chi connectivity index (χ1v) is 7.52. The Morgan fingerprint density at radius 2 is 1.80 bits per heavy atom. The molecule has 3 nitrogen and oxygen atoms in total. The lowest BCUT2D eigenvalue weighted by Gasteiger charge is -2.34. The summed E-state index contributed by atoms with van der Waals surface area (Å²) >= 11 is 0. The van der Waals surface area contributed by atoms with Crippen LogP contribution >= 0.6 is 0 Å². The normalized spacial score (nSPS) is 25.8. The van der Waals surface area contributed by atoms with Gasteiger partial charge in [0.2, 0.25) is 0 Å². The third kappa shape index (κ3) is 3.66. The molecule has 0 amide bonds. The van der Waals surface area contributed by atoms with Crippen molar-refractivity contribution in [2.75, 3.05) is 19.0 Å². The average Bonchev–Trinajstić information content (AvgIpc) is 2.59. The molecule has 0 heterocycles. The second kappa shape index (κ2) is 6.04. The lowest BCUT2D eigenvalue weighted by Crippen LogP contribution is -2.41. The van der Waals surface area contributed by atoms with Gasteiger partial charge in [0.15, 0.2) is 0 Å². The van der Waals surface area contributed by atoms with E-state index in [1.54, 1.807) is 7.11 Å². The number of benzene rings is 1. The van der Waals surface area contributed by atoms with Gasteiger partial charge in [0, 0.05) is 5.69 Å². The quantitative estimate of drug-likeness (QED) is 0.822. The number of nitrogens with one attached hydrogen (secondary N) is 1. The molecule has 0 aliphatic heterocycles. The van der Waals surface area contributed by atoms with Gasteiger partial charge in [-0.25, -0.2) is 0 Å². The van der Waals surface area contributed by atoms with Crippen LogP contribution in [-0.2, 0) is 0 Å². The second-order valence-electron chi connectivity index (χ2n) is 6.81. The third-order valence-electron chi connectivity index (χ3n) is 4.59. The third-order valence-corrected chi connectivity index (χ3v) is 4.59. The molecule has 0 saturated heterocycles. The number of aliphatic hydroxyl groups excluding tert-OH is 1. The summed E-state index contributed by atoms with van der Waals surface area (Å²) in [6.45, 7) is 4.84. The molecule has 1 aliphatic carbocycles. The van der Waals surface area contributed by atoms with Crippen molar-refractivity contribution in [1.29, 1.82) is 0 Å². The smallest absolute Gasteiger partial charge is 0.119 e. The first-order chi connectivity index (χ1) is 9.49. The molecule has 0 aromatic heterocycles. The van der Waals surface area contributed by atoms with E-state index in [4.69, 9.17) is 4.74 Å². The summed E-state index contributed by atoms with van der Waals surface area (Å²) in [5.74, 6) is 0.857. The summed E-state index contributed by atoms with van der Waals surface area (Å²) in [6.07, 6.45) is 5.59. The fourth-order valence-electron chi connectivity index (χ4n) is 3.04. The van der Waals surface area contributed by atoms with Gasteiger partial charge < -0.3 is 15.2 Å². The van der Waals surface area contributed by atoms with Crippen molar-refractivity contribution in [1.82, 2.24) is 0 Å². The van der Waals surface area contributed by atoms with Crippen LogP contribution in [0, 0.1) is 5.41 Å². The highest BCUT2D eigenvalue weighted by Crippen LogP contribution is 2.39. The standard InChI is InChI=1S/C17H27NO2/c1-16(2)9-4-10-17(13-19,12-11-16)18-14-5-7-15(20-3)8-6-14/h5-8,18-19H,4,9-13H2,1-3H3. The van der Waals surface area contributed by atoms with Crippen molar-refractivity contribution in [3.8, 4) is 5.75 Å². The van der Waals surface area contributed by atoms with E-state index in [1.165, 1.54) is 6.42 Å². The van der Waals surface area contributed by atoms with E-state index in [0.29, 0.717) is 5.41 Å². The van der Waals surface area contributed by atoms with Gasteiger partial charge in [0.25, 0.3) is 0 Å². The molecule has 1 aromatic rings. The molecule has 1 atom stereocenters. The molecule has 3 heteroatoms. The van der Waals surface area contributed by atoms with Crippen molar-refractivity contribution >= 4 is 5.69 Å². The van der Waals surface area contributed by atoms with Crippen molar-refractivity contribution in [3.63, 3.8) is 0 Å². The van der Waals surface area contributed by atoms with Gasteiger partial charge >= 0.3 is 0 Å². The van der Waals surface area contributed by atoms with Crippen LogP contribution in [0.25, 0.3) is 0 Å². The van der Waals surface area contributed by atoms with E-state index >= 15 is 0 Å². The number of hydrogen-bond donors (Lipinski definition) is 2. The van der Waals surface area contributed by atoms with E-state index < -0.39 is 0 Å². The summed E-state index contributed by atoms with van der Waals surface area (Å²) < 4.78 is 5.18. The lowest BCUT2D eigenvalue weighted by molar-refractivity contribution is 0.191. The van der Waals surface area contributed by atoms with Crippen LogP contribution in [0.2, 0.25) is 0 Å². The molecule has 1 aromatic carbocycles. The zero-order valence-corrected chi connectivity index (χ0v) is 12.9. The number of methoxy groups -OCH3 is 1. The SMILES string of the molecule is COc1ccc(NC2(CO)CCCC(C)(C)CC2)cc1. The Morgan fingerprint density at radius 3 is 2.40 bits per heavy atom. The van der Waals surface area contributed by atoms with Crippen LogP contribution in [-0.4, -0.2) is 24.4 Å². The van der Waals surface area contributed by atoms with Crippen molar-refractivity contribution in [2.45, 2.75) is 51.5 Å². The summed E-state index contributed by atoms with van der Waals surface area (Å²) in [5, 5.41) is 13.5. The topological polar surface area (TPSA) is 41.5 Å². The Kier molecular flexibility index (Phi) is 4.59. The van der Waals surface area contributed by atoms with Crippen molar-refractivity contribution < 1.29 is 9.84 Å². The van der Waals surface area contributed by atoms with E-state index in [2.05, 4.69) is 19.2 Å². The largest absolute Gasteiger partial charge is 0.497 e. The van der Waals surface area contributed by atoms with E-state index in [1.807, 2.05) is 24.3 Å². The highest BCUT2D eigenvalue weighted by molar-refractivity contribution is 5.48. The minimum atomic E-state index is -0.178. The fraction of sp³-hybridized carbons (Fsp3) is 0.647. The monoisotopic (exact) mass is 277 g/mol. The van der Waals surface area contributed by atoms with Gasteiger partial charge in [-0.15, -0.1) is 0 Å². The molecule has 1 unspecified atom stereocenters. The van der Waals surface area contributed by atoms with Crippen molar-refractivity contribution in [3.05, 3.63) is 24.3 Å². The summed E-state index contributed by atoms with van der Waals surface area (Å²) in [4.78, 5) is 0. The molecule has 2 N–H and O–H groups in total. The molecular formula is C17H27NO2. The number of hydrogen-bond acceptors (Lipinski definition) is 3. The van der Waals surface area contributed by atoms with Crippen LogP contribution in [0.4, 0.5) is 5.69 Å². The first kappa shape index (κ1) is 15.2. The van der Waals surface area contributed by atoms with Crippen LogP contribution in [0.1, 0.15) is 46.0 Å². The van der Waals surface area contributed by atoms with Gasteiger partial charge in [-0.05, 0) is 55.4 Å². The Hall–Kier alpha value is -1.22.